The molecular weight excluding hydrogens is 318 g/mol. The van der Waals surface area contributed by atoms with Crippen LogP contribution in [0.5, 0.6) is 0 Å². The summed E-state index contributed by atoms with van der Waals surface area (Å²) in [4.78, 5) is 7.50. The van der Waals surface area contributed by atoms with E-state index in [2.05, 4.69) is 31.2 Å². The zero-order chi connectivity index (χ0) is 14.5. The maximum absolute atomic E-state index is 8.80. The van der Waals surface area contributed by atoms with Gasteiger partial charge in [0.1, 0.15) is 6.07 Å². The minimum absolute atomic E-state index is 0.290. The van der Waals surface area contributed by atoms with Crippen molar-refractivity contribution in [2.45, 2.75) is 0 Å². The first kappa shape index (κ1) is 14.0. The number of aromatic nitrogens is 2. The highest BCUT2D eigenvalue weighted by molar-refractivity contribution is 9.10. The first-order valence-corrected chi connectivity index (χ1v) is 6.62. The SMILES string of the molecule is CNc1cc(-c2ccc(/C=C(/C#N)C=N)[nH]2)ncc1Br. The molecule has 20 heavy (non-hydrogen) atoms. The van der Waals surface area contributed by atoms with Crippen molar-refractivity contribution < 1.29 is 0 Å². The Kier molecular flexibility index (Phi) is 4.33. The van der Waals surface area contributed by atoms with E-state index in [-0.39, 0.29) is 5.57 Å². The number of nitriles is 1. The third-order valence-electron chi connectivity index (χ3n) is 2.70. The van der Waals surface area contributed by atoms with Crippen LogP contribution in [0.15, 0.2) is 34.4 Å². The molecule has 0 bridgehead atoms. The molecule has 0 aromatic carbocycles. The summed E-state index contributed by atoms with van der Waals surface area (Å²) in [6.45, 7) is 0. The van der Waals surface area contributed by atoms with Gasteiger partial charge in [-0.2, -0.15) is 5.26 Å². The van der Waals surface area contributed by atoms with E-state index in [4.69, 9.17) is 10.7 Å². The molecule has 3 N–H and O–H groups in total. The predicted molar refractivity (Wildman–Crippen MR) is 83.6 cm³/mol. The van der Waals surface area contributed by atoms with Crippen LogP contribution in [0.3, 0.4) is 0 Å². The highest BCUT2D eigenvalue weighted by atomic mass is 79.9. The fourth-order valence-corrected chi connectivity index (χ4v) is 2.11. The summed E-state index contributed by atoms with van der Waals surface area (Å²) in [5, 5.41) is 19.0. The van der Waals surface area contributed by atoms with E-state index in [0.29, 0.717) is 0 Å². The molecule has 0 spiro atoms. The second-order valence-corrected chi connectivity index (χ2v) is 4.84. The second-order valence-electron chi connectivity index (χ2n) is 3.98. The fourth-order valence-electron chi connectivity index (χ4n) is 1.70. The maximum atomic E-state index is 8.80. The van der Waals surface area contributed by atoms with Gasteiger partial charge in [-0.15, -0.1) is 0 Å². The zero-order valence-corrected chi connectivity index (χ0v) is 12.3. The minimum atomic E-state index is 0.290. The quantitative estimate of drug-likeness (QED) is 0.593. The number of allylic oxidation sites excluding steroid dienone is 1. The van der Waals surface area contributed by atoms with E-state index in [1.165, 1.54) is 0 Å². The second kappa shape index (κ2) is 6.17. The van der Waals surface area contributed by atoms with E-state index in [1.807, 2.05) is 31.3 Å². The van der Waals surface area contributed by atoms with Crippen LogP contribution in [-0.4, -0.2) is 23.2 Å². The molecule has 2 aromatic heterocycles. The van der Waals surface area contributed by atoms with Crippen molar-refractivity contribution in [2.75, 3.05) is 12.4 Å². The van der Waals surface area contributed by atoms with Crippen molar-refractivity contribution >= 4 is 33.9 Å². The molecule has 6 heteroatoms. The molecule has 0 aliphatic rings. The first-order chi connectivity index (χ1) is 9.67. The molecule has 0 amide bonds. The summed E-state index contributed by atoms with van der Waals surface area (Å²) < 4.78 is 0.894. The van der Waals surface area contributed by atoms with Crippen LogP contribution in [-0.2, 0) is 0 Å². The molecule has 0 saturated heterocycles. The molecule has 0 radical (unpaired) electrons. The number of halogens is 1. The van der Waals surface area contributed by atoms with E-state index in [1.54, 1.807) is 12.3 Å². The Morgan fingerprint density at radius 3 is 3.00 bits per heavy atom. The summed E-state index contributed by atoms with van der Waals surface area (Å²) >= 11 is 3.41. The van der Waals surface area contributed by atoms with Crippen LogP contribution >= 0.6 is 15.9 Å². The van der Waals surface area contributed by atoms with Gasteiger partial charge < -0.3 is 15.7 Å². The number of H-pyrrole nitrogens is 1. The molecule has 0 atom stereocenters. The Morgan fingerprint density at radius 2 is 2.35 bits per heavy atom. The highest BCUT2D eigenvalue weighted by Gasteiger charge is 2.06. The molecule has 100 valence electrons. The summed E-state index contributed by atoms with van der Waals surface area (Å²) in [6, 6.07) is 7.60. The van der Waals surface area contributed by atoms with E-state index in [0.717, 1.165) is 33.5 Å². The molecule has 2 heterocycles. The smallest absolute Gasteiger partial charge is 0.101 e. The molecule has 5 nitrogen and oxygen atoms in total. The van der Waals surface area contributed by atoms with Crippen LogP contribution in [0.1, 0.15) is 5.69 Å². The van der Waals surface area contributed by atoms with Gasteiger partial charge in [0, 0.05) is 25.2 Å². The van der Waals surface area contributed by atoms with Crippen LogP contribution in [0, 0.1) is 16.7 Å². The highest BCUT2D eigenvalue weighted by Crippen LogP contribution is 2.26. The summed E-state index contributed by atoms with van der Waals surface area (Å²) in [6.07, 6.45) is 4.38. The van der Waals surface area contributed by atoms with Gasteiger partial charge in [0.15, 0.2) is 0 Å². The molecule has 0 fully saturated rings. The largest absolute Gasteiger partial charge is 0.387 e. The number of hydrogen-bond acceptors (Lipinski definition) is 4. The van der Waals surface area contributed by atoms with E-state index >= 15 is 0 Å². The van der Waals surface area contributed by atoms with Gasteiger partial charge in [-0.05, 0) is 40.2 Å². The number of nitrogens with zero attached hydrogens (tertiary/aromatic N) is 2. The summed E-state index contributed by atoms with van der Waals surface area (Å²) in [7, 11) is 1.84. The van der Waals surface area contributed by atoms with Gasteiger partial charge in [-0.1, -0.05) is 0 Å². The van der Waals surface area contributed by atoms with Crippen molar-refractivity contribution in [3.05, 3.63) is 40.1 Å². The number of aromatic amines is 1. The molecule has 0 saturated carbocycles. The maximum Gasteiger partial charge on any atom is 0.101 e. The number of hydrogen-bond donors (Lipinski definition) is 3. The van der Waals surface area contributed by atoms with Gasteiger partial charge >= 0.3 is 0 Å². The van der Waals surface area contributed by atoms with Gasteiger partial charge in [0.25, 0.3) is 0 Å². The minimum Gasteiger partial charge on any atom is -0.387 e. The average Bonchev–Trinajstić information content (AvgIpc) is 2.93. The Balaban J connectivity index is 2.36. The monoisotopic (exact) mass is 329 g/mol. The van der Waals surface area contributed by atoms with Crippen LogP contribution in [0.2, 0.25) is 0 Å². The van der Waals surface area contributed by atoms with Crippen molar-refractivity contribution in [1.29, 1.82) is 10.7 Å². The van der Waals surface area contributed by atoms with Crippen molar-refractivity contribution in [3.8, 4) is 17.5 Å². The first-order valence-electron chi connectivity index (χ1n) is 5.83. The number of anilines is 1. The lowest BCUT2D eigenvalue weighted by Gasteiger charge is -2.05. The molecule has 2 aromatic rings. The third kappa shape index (κ3) is 2.95. The fraction of sp³-hybridized carbons (Fsp3) is 0.0714. The van der Waals surface area contributed by atoms with Crippen molar-refractivity contribution in [1.82, 2.24) is 9.97 Å². The Hall–Kier alpha value is -2.39. The lowest BCUT2D eigenvalue weighted by molar-refractivity contribution is 1.25. The lowest BCUT2D eigenvalue weighted by Crippen LogP contribution is -1.92. The van der Waals surface area contributed by atoms with Crippen LogP contribution in [0.4, 0.5) is 5.69 Å². The van der Waals surface area contributed by atoms with Gasteiger partial charge in [0.2, 0.25) is 0 Å². The van der Waals surface area contributed by atoms with E-state index < -0.39 is 0 Å². The summed E-state index contributed by atoms with van der Waals surface area (Å²) in [5.41, 5.74) is 3.64. The average molecular weight is 330 g/mol. The number of rotatable bonds is 4. The number of pyridine rings is 1. The lowest BCUT2D eigenvalue weighted by atomic mass is 10.2. The van der Waals surface area contributed by atoms with Gasteiger partial charge in [-0.25, -0.2) is 0 Å². The molecular formula is C14H12BrN5. The normalized spacial score (nSPS) is 10.9. The number of nitrogens with one attached hydrogen (secondary N) is 3. The van der Waals surface area contributed by atoms with Gasteiger partial charge in [-0.3, -0.25) is 4.98 Å². The third-order valence-corrected chi connectivity index (χ3v) is 3.34. The van der Waals surface area contributed by atoms with Crippen molar-refractivity contribution in [2.24, 2.45) is 0 Å². The molecule has 0 unspecified atom stereocenters. The van der Waals surface area contributed by atoms with Crippen LogP contribution in [0.25, 0.3) is 17.5 Å². The Morgan fingerprint density at radius 1 is 1.55 bits per heavy atom. The van der Waals surface area contributed by atoms with E-state index in [9.17, 15) is 0 Å². The van der Waals surface area contributed by atoms with Crippen molar-refractivity contribution in [3.63, 3.8) is 0 Å². The molecule has 0 aliphatic heterocycles. The Bertz CT molecular complexity index is 709. The molecule has 0 aliphatic carbocycles. The zero-order valence-electron chi connectivity index (χ0n) is 10.7. The van der Waals surface area contributed by atoms with Crippen LogP contribution < -0.4 is 5.32 Å². The Labute approximate surface area is 125 Å². The topological polar surface area (TPSA) is 88.4 Å². The predicted octanol–water partition coefficient (Wildman–Crippen LogP) is 3.44. The van der Waals surface area contributed by atoms with Gasteiger partial charge in [0.05, 0.1) is 27.1 Å². The molecule has 2 rings (SSSR count). The standard InChI is InChI=1S/C14H12BrN5/c1-18-13-5-14(19-8-11(13)15)12-3-2-10(20-12)4-9(6-16)7-17/h2-6,8,16,20H,1H3,(H,18,19)/b9-4+,16-6?. The summed E-state index contributed by atoms with van der Waals surface area (Å²) in [5.74, 6) is 0.